The van der Waals surface area contributed by atoms with Gasteiger partial charge < -0.3 is 5.32 Å². The highest BCUT2D eigenvalue weighted by atomic mass is 32.2. The molecule has 1 aliphatic rings. The summed E-state index contributed by atoms with van der Waals surface area (Å²) >= 11 is 2.03. The summed E-state index contributed by atoms with van der Waals surface area (Å²) in [6.45, 7) is 8.05. The van der Waals surface area contributed by atoms with E-state index in [4.69, 9.17) is 0 Å². The minimum absolute atomic E-state index is 0.651. The summed E-state index contributed by atoms with van der Waals surface area (Å²) in [4.78, 5) is 1.50. The zero-order valence-electron chi connectivity index (χ0n) is 12.5. The van der Waals surface area contributed by atoms with E-state index in [1.165, 1.54) is 29.9 Å². The van der Waals surface area contributed by atoms with E-state index in [-0.39, 0.29) is 0 Å². The van der Waals surface area contributed by atoms with Crippen LogP contribution in [0.25, 0.3) is 0 Å². The van der Waals surface area contributed by atoms with E-state index in [0.29, 0.717) is 12.0 Å². The lowest BCUT2D eigenvalue weighted by molar-refractivity contribution is 0.392. The Labute approximate surface area is 122 Å². The van der Waals surface area contributed by atoms with E-state index in [1.54, 1.807) is 5.56 Å². The van der Waals surface area contributed by atoms with Crippen molar-refractivity contribution in [2.24, 2.45) is 5.92 Å². The molecule has 106 valence electrons. The fraction of sp³-hybridized carbons (Fsp3) is 0.647. The van der Waals surface area contributed by atoms with Crippen molar-refractivity contribution in [2.45, 2.75) is 56.9 Å². The van der Waals surface area contributed by atoms with E-state index < -0.39 is 0 Å². The van der Waals surface area contributed by atoms with Gasteiger partial charge in [0.15, 0.2) is 0 Å². The summed E-state index contributed by atoms with van der Waals surface area (Å²) in [6, 6.07) is 9.61. The molecule has 1 heterocycles. The molecule has 0 spiro atoms. The van der Waals surface area contributed by atoms with Gasteiger partial charge in [0.1, 0.15) is 0 Å². The minimum atomic E-state index is 0.651. The van der Waals surface area contributed by atoms with Crippen LogP contribution in [0.1, 0.15) is 51.5 Å². The lowest BCUT2D eigenvalue weighted by Gasteiger charge is -2.26. The molecule has 0 radical (unpaired) electrons. The third-order valence-electron chi connectivity index (χ3n) is 3.93. The van der Waals surface area contributed by atoms with Gasteiger partial charge in [-0.15, -0.1) is 11.8 Å². The number of rotatable bonds is 7. The van der Waals surface area contributed by atoms with Crippen molar-refractivity contribution < 1.29 is 0 Å². The number of nitrogens with one attached hydrogen (secondary N) is 1. The van der Waals surface area contributed by atoms with Crippen LogP contribution in [-0.2, 0) is 0 Å². The zero-order valence-corrected chi connectivity index (χ0v) is 13.3. The van der Waals surface area contributed by atoms with Crippen LogP contribution in [0.3, 0.4) is 0 Å². The Kier molecular flexibility index (Phi) is 5.77. The Bertz CT molecular complexity index is 389. The summed E-state index contributed by atoms with van der Waals surface area (Å²) in [6.07, 6.45) is 3.85. The predicted octanol–water partition coefficient (Wildman–Crippen LogP) is 4.68. The Morgan fingerprint density at radius 3 is 2.79 bits per heavy atom. The van der Waals surface area contributed by atoms with Crippen LogP contribution in [0.4, 0.5) is 0 Å². The van der Waals surface area contributed by atoms with Gasteiger partial charge in [0.2, 0.25) is 0 Å². The largest absolute Gasteiger partial charge is 0.313 e. The molecule has 1 aliphatic heterocycles. The van der Waals surface area contributed by atoms with Crippen LogP contribution in [0.15, 0.2) is 29.2 Å². The quantitative estimate of drug-likeness (QED) is 0.776. The van der Waals surface area contributed by atoms with Gasteiger partial charge in [-0.25, -0.2) is 0 Å². The molecular weight excluding hydrogens is 250 g/mol. The predicted molar refractivity (Wildman–Crippen MR) is 86.1 cm³/mol. The van der Waals surface area contributed by atoms with Crippen LogP contribution in [-0.4, -0.2) is 18.3 Å². The van der Waals surface area contributed by atoms with Crippen molar-refractivity contribution in [3.63, 3.8) is 0 Å². The van der Waals surface area contributed by atoms with Gasteiger partial charge in [-0.2, -0.15) is 0 Å². The van der Waals surface area contributed by atoms with E-state index >= 15 is 0 Å². The number of hydrogen-bond donors (Lipinski definition) is 1. The first-order chi connectivity index (χ1) is 9.22. The maximum Gasteiger partial charge on any atom is 0.0144 e. The average molecular weight is 277 g/mol. The third kappa shape index (κ3) is 4.00. The Hall–Kier alpha value is -0.470. The van der Waals surface area contributed by atoms with Gasteiger partial charge >= 0.3 is 0 Å². The van der Waals surface area contributed by atoms with E-state index in [2.05, 4.69) is 50.4 Å². The molecule has 0 saturated heterocycles. The van der Waals surface area contributed by atoms with Crippen molar-refractivity contribution in [1.29, 1.82) is 0 Å². The van der Waals surface area contributed by atoms with Crippen LogP contribution in [0.2, 0.25) is 0 Å². The van der Waals surface area contributed by atoms with Gasteiger partial charge in [-0.1, -0.05) is 39.0 Å². The molecule has 0 aromatic heterocycles. The smallest absolute Gasteiger partial charge is 0.0144 e. The van der Waals surface area contributed by atoms with Crippen molar-refractivity contribution in [2.75, 3.05) is 12.3 Å². The van der Waals surface area contributed by atoms with Crippen molar-refractivity contribution in [3.05, 3.63) is 29.8 Å². The first-order valence-corrected chi connectivity index (χ1v) is 8.66. The maximum atomic E-state index is 3.79. The number of fused-ring (bicyclic) bond motifs is 1. The molecule has 2 atom stereocenters. The van der Waals surface area contributed by atoms with Crippen LogP contribution >= 0.6 is 11.8 Å². The molecule has 2 rings (SSSR count). The second-order valence-electron chi connectivity index (χ2n) is 5.99. The summed E-state index contributed by atoms with van der Waals surface area (Å²) in [5.74, 6) is 2.75. The Morgan fingerprint density at radius 2 is 2.05 bits per heavy atom. The Balaban J connectivity index is 2.05. The third-order valence-corrected chi connectivity index (χ3v) is 5.14. The highest BCUT2D eigenvalue weighted by Gasteiger charge is 2.29. The molecular formula is C17H27NS. The molecule has 1 nitrogen and oxygen atoms in total. The van der Waals surface area contributed by atoms with E-state index in [9.17, 15) is 0 Å². The molecule has 0 saturated carbocycles. The molecule has 0 aliphatic carbocycles. The molecule has 19 heavy (non-hydrogen) atoms. The van der Waals surface area contributed by atoms with E-state index in [0.717, 1.165) is 12.5 Å². The standard InChI is InChI=1S/C17H27NS/c1-4-11-18-16(10-9-13(2)3)15-12-19-17-8-6-5-7-14(15)17/h5-8,13,15-16,18H,4,9-12H2,1-3H3. The average Bonchev–Trinajstić information content (AvgIpc) is 2.83. The second kappa shape index (κ2) is 7.35. The monoisotopic (exact) mass is 277 g/mol. The fourth-order valence-corrected chi connectivity index (χ4v) is 4.14. The van der Waals surface area contributed by atoms with E-state index in [1.807, 2.05) is 11.8 Å². The molecule has 1 aromatic rings. The van der Waals surface area contributed by atoms with Gasteiger partial charge in [0.25, 0.3) is 0 Å². The lowest BCUT2D eigenvalue weighted by atomic mass is 9.88. The number of thioether (sulfide) groups is 1. The summed E-state index contributed by atoms with van der Waals surface area (Å²) in [5.41, 5.74) is 1.57. The summed E-state index contributed by atoms with van der Waals surface area (Å²) < 4.78 is 0. The number of hydrogen-bond acceptors (Lipinski definition) is 2. The van der Waals surface area contributed by atoms with Gasteiger partial charge in [0.05, 0.1) is 0 Å². The summed E-state index contributed by atoms with van der Waals surface area (Å²) in [5, 5.41) is 3.79. The van der Waals surface area contributed by atoms with Crippen LogP contribution in [0.5, 0.6) is 0 Å². The minimum Gasteiger partial charge on any atom is -0.313 e. The van der Waals surface area contributed by atoms with Crippen LogP contribution < -0.4 is 5.32 Å². The summed E-state index contributed by atoms with van der Waals surface area (Å²) in [7, 11) is 0. The normalized spacial score (nSPS) is 19.7. The highest BCUT2D eigenvalue weighted by molar-refractivity contribution is 7.99. The number of benzene rings is 1. The first-order valence-electron chi connectivity index (χ1n) is 7.67. The Morgan fingerprint density at radius 1 is 1.26 bits per heavy atom. The maximum absolute atomic E-state index is 3.79. The lowest BCUT2D eigenvalue weighted by Crippen LogP contribution is -2.36. The van der Waals surface area contributed by atoms with Crippen LogP contribution in [0, 0.1) is 5.92 Å². The van der Waals surface area contributed by atoms with Gasteiger partial charge in [-0.05, 0) is 43.4 Å². The topological polar surface area (TPSA) is 12.0 Å². The molecule has 0 fully saturated rings. The van der Waals surface area contributed by atoms with Crippen molar-refractivity contribution in [1.82, 2.24) is 5.32 Å². The molecule has 1 N–H and O–H groups in total. The molecule has 0 bridgehead atoms. The fourth-order valence-electron chi connectivity index (χ4n) is 2.81. The molecule has 2 heteroatoms. The van der Waals surface area contributed by atoms with Gasteiger partial charge in [-0.3, -0.25) is 0 Å². The van der Waals surface area contributed by atoms with Crippen molar-refractivity contribution in [3.8, 4) is 0 Å². The highest BCUT2D eigenvalue weighted by Crippen LogP contribution is 2.42. The second-order valence-corrected chi connectivity index (χ2v) is 7.05. The van der Waals surface area contributed by atoms with Crippen molar-refractivity contribution >= 4 is 11.8 Å². The molecule has 1 aromatic carbocycles. The molecule has 2 unspecified atom stereocenters. The van der Waals surface area contributed by atoms with Gasteiger partial charge in [0, 0.05) is 22.6 Å². The first kappa shape index (κ1) is 14.9. The SMILES string of the molecule is CCCNC(CCC(C)C)C1CSc2ccccc21. The zero-order chi connectivity index (χ0) is 13.7. The molecule has 0 amide bonds.